The number of alkyl halides is 3. The number of hydrogen-bond acceptors (Lipinski definition) is 5. The predicted octanol–water partition coefficient (Wildman–Crippen LogP) is 4.42. The summed E-state index contributed by atoms with van der Waals surface area (Å²) in [6.07, 6.45) is -0.571. The Morgan fingerprint density at radius 2 is 1.93 bits per heavy atom. The van der Waals surface area contributed by atoms with E-state index in [1.54, 1.807) is 12.1 Å². The van der Waals surface area contributed by atoms with Crippen molar-refractivity contribution in [1.82, 2.24) is 15.3 Å². The van der Waals surface area contributed by atoms with Crippen LogP contribution in [-0.2, 0) is 12.7 Å². The first-order valence-corrected chi connectivity index (χ1v) is 7.97. The van der Waals surface area contributed by atoms with Crippen LogP contribution < -0.4 is 10.6 Å². The second-order valence-electron chi connectivity index (χ2n) is 5.37. The molecular formula is C17H12ClF3N4O2. The molecule has 0 saturated heterocycles. The van der Waals surface area contributed by atoms with E-state index in [1.165, 1.54) is 24.7 Å². The molecule has 0 saturated carbocycles. The molecule has 0 atom stereocenters. The van der Waals surface area contributed by atoms with Crippen molar-refractivity contribution in [3.8, 4) is 0 Å². The lowest BCUT2D eigenvalue weighted by Gasteiger charge is -2.11. The minimum Gasteiger partial charge on any atom is -0.467 e. The van der Waals surface area contributed by atoms with Crippen LogP contribution in [0.5, 0.6) is 0 Å². The first-order valence-electron chi connectivity index (χ1n) is 7.59. The van der Waals surface area contributed by atoms with Crippen LogP contribution in [-0.4, -0.2) is 15.9 Å². The molecule has 0 aliphatic heterocycles. The van der Waals surface area contributed by atoms with Crippen molar-refractivity contribution in [3.05, 3.63) is 70.9 Å². The number of carbonyl (C=O) groups is 1. The fraction of sp³-hybridized carbons (Fsp3) is 0.118. The van der Waals surface area contributed by atoms with Crippen LogP contribution in [0.4, 0.5) is 24.8 Å². The van der Waals surface area contributed by atoms with Gasteiger partial charge in [-0.1, -0.05) is 11.6 Å². The normalized spacial score (nSPS) is 11.3. The lowest BCUT2D eigenvalue weighted by Crippen LogP contribution is -2.23. The number of halogens is 4. The van der Waals surface area contributed by atoms with E-state index in [9.17, 15) is 18.0 Å². The molecule has 2 N–H and O–H groups in total. The number of anilines is 2. The van der Waals surface area contributed by atoms with Crippen molar-refractivity contribution < 1.29 is 22.4 Å². The maximum atomic E-state index is 12.9. The van der Waals surface area contributed by atoms with Gasteiger partial charge in [0.1, 0.15) is 5.76 Å². The van der Waals surface area contributed by atoms with Gasteiger partial charge in [-0.2, -0.15) is 13.2 Å². The first kappa shape index (κ1) is 18.7. The summed E-state index contributed by atoms with van der Waals surface area (Å²) in [5, 5.41) is 4.86. The number of hydrogen-bond donors (Lipinski definition) is 2. The smallest absolute Gasteiger partial charge is 0.417 e. The third-order valence-corrected chi connectivity index (χ3v) is 3.77. The van der Waals surface area contributed by atoms with E-state index >= 15 is 0 Å². The number of rotatable bonds is 5. The Balaban J connectivity index is 1.66. The fourth-order valence-electron chi connectivity index (χ4n) is 2.14. The SMILES string of the molecule is O=C(NCc1ccco1)c1cnc(Nc2ccc(Cl)c(C(F)(F)F)c2)nc1. The Morgan fingerprint density at radius 3 is 2.56 bits per heavy atom. The van der Waals surface area contributed by atoms with Gasteiger partial charge in [-0.25, -0.2) is 9.97 Å². The molecule has 0 aliphatic carbocycles. The monoisotopic (exact) mass is 396 g/mol. The highest BCUT2D eigenvalue weighted by Gasteiger charge is 2.33. The van der Waals surface area contributed by atoms with Crippen molar-refractivity contribution in [3.63, 3.8) is 0 Å². The summed E-state index contributed by atoms with van der Waals surface area (Å²) < 4.78 is 43.8. The van der Waals surface area contributed by atoms with Gasteiger partial charge >= 0.3 is 6.18 Å². The average molecular weight is 397 g/mol. The molecule has 0 unspecified atom stereocenters. The third-order valence-electron chi connectivity index (χ3n) is 3.45. The summed E-state index contributed by atoms with van der Waals surface area (Å²) in [6, 6.07) is 6.76. The average Bonchev–Trinajstić information content (AvgIpc) is 3.14. The third kappa shape index (κ3) is 4.76. The summed E-state index contributed by atoms with van der Waals surface area (Å²) in [5.74, 6) is 0.211. The second-order valence-corrected chi connectivity index (χ2v) is 5.78. The highest BCUT2D eigenvalue weighted by molar-refractivity contribution is 6.31. The van der Waals surface area contributed by atoms with Gasteiger partial charge in [-0.05, 0) is 30.3 Å². The number of nitrogens with one attached hydrogen (secondary N) is 2. The molecule has 10 heteroatoms. The molecule has 140 valence electrons. The van der Waals surface area contributed by atoms with Gasteiger partial charge < -0.3 is 15.1 Å². The van der Waals surface area contributed by atoms with Crippen molar-refractivity contribution in [1.29, 1.82) is 0 Å². The molecule has 1 aromatic carbocycles. The van der Waals surface area contributed by atoms with E-state index in [1.807, 2.05) is 0 Å². The van der Waals surface area contributed by atoms with Crippen molar-refractivity contribution in [2.75, 3.05) is 5.32 Å². The highest BCUT2D eigenvalue weighted by Crippen LogP contribution is 2.36. The molecule has 0 bridgehead atoms. The Hall–Kier alpha value is -3.07. The number of nitrogens with zero attached hydrogens (tertiary/aromatic N) is 2. The van der Waals surface area contributed by atoms with Crippen molar-refractivity contribution >= 4 is 29.1 Å². The Labute approximate surface area is 156 Å². The lowest BCUT2D eigenvalue weighted by atomic mass is 10.2. The molecule has 3 rings (SSSR count). The molecule has 0 fully saturated rings. The largest absolute Gasteiger partial charge is 0.467 e. The number of furan rings is 1. The molecule has 2 heterocycles. The minimum absolute atomic E-state index is 0.0352. The molecule has 1 amide bonds. The Bertz CT molecular complexity index is 928. The van der Waals surface area contributed by atoms with Gasteiger partial charge in [0, 0.05) is 18.1 Å². The molecule has 6 nitrogen and oxygen atoms in total. The van der Waals surface area contributed by atoms with Crippen LogP contribution in [0, 0.1) is 0 Å². The van der Waals surface area contributed by atoms with Crippen LogP contribution >= 0.6 is 11.6 Å². The number of amides is 1. The van der Waals surface area contributed by atoms with Crippen LogP contribution in [0.15, 0.2) is 53.4 Å². The number of aromatic nitrogens is 2. The zero-order valence-corrected chi connectivity index (χ0v) is 14.3. The summed E-state index contributed by atoms with van der Waals surface area (Å²) >= 11 is 5.58. The first-order chi connectivity index (χ1) is 12.8. The maximum absolute atomic E-state index is 12.9. The van der Waals surface area contributed by atoms with Crippen LogP contribution in [0.3, 0.4) is 0 Å². The summed E-state index contributed by atoms with van der Waals surface area (Å²) in [7, 11) is 0. The van der Waals surface area contributed by atoms with Gasteiger partial charge in [0.15, 0.2) is 0 Å². The molecule has 0 radical (unpaired) electrons. The summed E-state index contributed by atoms with van der Waals surface area (Å²) in [6.45, 7) is 0.205. The standard InChI is InChI=1S/C17H12ClF3N4O2/c18-14-4-3-11(6-13(14)17(19,20)21)25-16-23-7-10(8-24-16)15(26)22-9-12-2-1-5-27-12/h1-8H,9H2,(H,22,26)(H,23,24,25). The van der Waals surface area contributed by atoms with Crippen molar-refractivity contribution in [2.45, 2.75) is 12.7 Å². The molecule has 3 aromatic rings. The summed E-state index contributed by atoms with van der Waals surface area (Å²) in [4.78, 5) is 19.9. The van der Waals surface area contributed by atoms with Gasteiger partial charge in [0.2, 0.25) is 5.95 Å². The zero-order chi connectivity index (χ0) is 19.4. The second kappa shape index (κ2) is 7.67. The van der Waals surface area contributed by atoms with Crippen LogP contribution in [0.2, 0.25) is 5.02 Å². The highest BCUT2D eigenvalue weighted by atomic mass is 35.5. The minimum atomic E-state index is -4.58. The van der Waals surface area contributed by atoms with Crippen molar-refractivity contribution in [2.24, 2.45) is 0 Å². The van der Waals surface area contributed by atoms with E-state index in [0.717, 1.165) is 12.1 Å². The molecule has 27 heavy (non-hydrogen) atoms. The van der Waals surface area contributed by atoms with Gasteiger partial charge in [0.05, 0.1) is 29.0 Å². The Morgan fingerprint density at radius 1 is 1.19 bits per heavy atom. The van der Waals surface area contributed by atoms with Crippen LogP contribution in [0.1, 0.15) is 21.7 Å². The predicted molar refractivity (Wildman–Crippen MR) is 91.6 cm³/mol. The molecule has 2 aromatic heterocycles. The summed E-state index contributed by atoms with van der Waals surface area (Å²) in [5.41, 5.74) is -0.663. The van der Waals surface area contributed by atoms with Gasteiger partial charge in [0.25, 0.3) is 5.91 Å². The van der Waals surface area contributed by atoms with Gasteiger partial charge in [-0.3, -0.25) is 4.79 Å². The van der Waals surface area contributed by atoms with E-state index in [0.29, 0.717) is 5.76 Å². The fourth-order valence-corrected chi connectivity index (χ4v) is 2.37. The number of benzene rings is 1. The number of carbonyl (C=O) groups excluding carboxylic acids is 1. The molecule has 0 aliphatic rings. The van der Waals surface area contributed by atoms with E-state index in [4.69, 9.17) is 16.0 Å². The molecule has 0 spiro atoms. The van der Waals surface area contributed by atoms with E-state index < -0.39 is 22.7 Å². The lowest BCUT2D eigenvalue weighted by molar-refractivity contribution is -0.137. The Kier molecular flexibility index (Phi) is 5.31. The zero-order valence-electron chi connectivity index (χ0n) is 13.5. The van der Waals surface area contributed by atoms with E-state index in [-0.39, 0.29) is 23.7 Å². The topological polar surface area (TPSA) is 80.0 Å². The quantitative estimate of drug-likeness (QED) is 0.667. The van der Waals surface area contributed by atoms with Gasteiger partial charge in [-0.15, -0.1) is 0 Å². The maximum Gasteiger partial charge on any atom is 0.417 e. The van der Waals surface area contributed by atoms with E-state index in [2.05, 4.69) is 20.6 Å². The molecular weight excluding hydrogens is 385 g/mol. The van der Waals surface area contributed by atoms with Crippen LogP contribution in [0.25, 0.3) is 0 Å².